The van der Waals surface area contributed by atoms with Gasteiger partial charge < -0.3 is 5.32 Å². The van der Waals surface area contributed by atoms with Gasteiger partial charge in [0.2, 0.25) is 5.91 Å². The van der Waals surface area contributed by atoms with Gasteiger partial charge in [0, 0.05) is 13.1 Å². The Bertz CT molecular complexity index is 985. The molecule has 1 N–H and O–H groups in total. The molecule has 5 nitrogen and oxygen atoms in total. The van der Waals surface area contributed by atoms with E-state index in [1.165, 1.54) is 12.1 Å². The maximum Gasteiger partial charge on any atom is 0.293 e. The first-order chi connectivity index (χ1) is 14.0. The molecule has 2 aliphatic rings. The molecule has 1 saturated heterocycles. The highest BCUT2D eigenvalue weighted by atomic mass is 32.2. The van der Waals surface area contributed by atoms with Gasteiger partial charge in [-0.3, -0.25) is 19.3 Å². The van der Waals surface area contributed by atoms with Crippen molar-refractivity contribution in [3.63, 3.8) is 0 Å². The number of hydrogen-bond donors (Lipinski definition) is 1. The molecule has 0 radical (unpaired) electrons. The molecule has 148 valence electrons. The van der Waals surface area contributed by atoms with Crippen LogP contribution in [0.1, 0.15) is 24.0 Å². The van der Waals surface area contributed by atoms with E-state index in [0.29, 0.717) is 17.7 Å². The number of hydrogen-bond acceptors (Lipinski definition) is 4. The van der Waals surface area contributed by atoms with Crippen LogP contribution in [-0.2, 0) is 15.0 Å². The first kappa shape index (κ1) is 19.4. The van der Waals surface area contributed by atoms with Crippen LogP contribution >= 0.6 is 11.8 Å². The van der Waals surface area contributed by atoms with Gasteiger partial charge in [-0.05, 0) is 53.9 Å². The van der Waals surface area contributed by atoms with E-state index in [1.54, 1.807) is 18.2 Å². The lowest BCUT2D eigenvalue weighted by atomic mass is 9.95. The third-order valence-corrected chi connectivity index (χ3v) is 6.08. The first-order valence-electron chi connectivity index (χ1n) is 9.34. The molecule has 1 aliphatic carbocycles. The van der Waals surface area contributed by atoms with Crippen LogP contribution in [0.3, 0.4) is 0 Å². The molecule has 0 atom stereocenters. The number of carbonyl (C=O) groups is 3. The second-order valence-electron chi connectivity index (χ2n) is 7.09. The Labute approximate surface area is 172 Å². The van der Waals surface area contributed by atoms with E-state index in [-0.39, 0.29) is 36.0 Å². The summed E-state index contributed by atoms with van der Waals surface area (Å²) >= 11 is 0.902. The molecule has 1 saturated carbocycles. The quantitative estimate of drug-likeness (QED) is 0.738. The van der Waals surface area contributed by atoms with Crippen molar-refractivity contribution in [2.45, 2.75) is 18.3 Å². The molecule has 1 heterocycles. The van der Waals surface area contributed by atoms with Crippen molar-refractivity contribution in [2.24, 2.45) is 0 Å². The van der Waals surface area contributed by atoms with Crippen LogP contribution in [-0.4, -0.2) is 35.0 Å². The number of amides is 3. The van der Waals surface area contributed by atoms with Crippen LogP contribution < -0.4 is 5.32 Å². The Kier molecular flexibility index (Phi) is 5.24. The Morgan fingerprint density at radius 3 is 2.45 bits per heavy atom. The maximum absolute atomic E-state index is 13.1. The number of rotatable bonds is 6. The highest BCUT2D eigenvalue weighted by molar-refractivity contribution is 8.18. The molecule has 29 heavy (non-hydrogen) atoms. The van der Waals surface area contributed by atoms with Crippen molar-refractivity contribution < 1.29 is 18.8 Å². The molecule has 0 bridgehead atoms. The van der Waals surface area contributed by atoms with Crippen molar-refractivity contribution >= 4 is 34.9 Å². The zero-order chi connectivity index (χ0) is 20.4. The van der Waals surface area contributed by atoms with Crippen molar-refractivity contribution in [1.82, 2.24) is 10.2 Å². The summed E-state index contributed by atoms with van der Waals surface area (Å²) in [6.07, 6.45) is 3.09. The molecule has 2 aromatic carbocycles. The molecule has 2 aromatic rings. The van der Waals surface area contributed by atoms with Crippen molar-refractivity contribution in [3.05, 3.63) is 76.4 Å². The van der Waals surface area contributed by atoms with Crippen LogP contribution in [0.4, 0.5) is 9.18 Å². The highest BCUT2D eigenvalue weighted by Gasteiger charge is 2.51. The fraction of sp³-hybridized carbons (Fsp3) is 0.227. The lowest BCUT2D eigenvalue weighted by Crippen LogP contribution is -2.41. The Hall–Kier alpha value is -2.93. The van der Waals surface area contributed by atoms with E-state index >= 15 is 0 Å². The van der Waals surface area contributed by atoms with Crippen molar-refractivity contribution in [1.29, 1.82) is 0 Å². The lowest BCUT2D eigenvalue weighted by Gasteiger charge is -2.17. The van der Waals surface area contributed by atoms with Gasteiger partial charge in [-0.2, -0.15) is 0 Å². The molecule has 7 heteroatoms. The van der Waals surface area contributed by atoms with E-state index < -0.39 is 5.41 Å². The fourth-order valence-electron chi connectivity index (χ4n) is 3.38. The van der Waals surface area contributed by atoms with Crippen molar-refractivity contribution in [2.75, 3.05) is 13.1 Å². The third-order valence-electron chi connectivity index (χ3n) is 5.17. The minimum absolute atomic E-state index is 0.113. The number of benzene rings is 2. The average molecular weight is 410 g/mol. The predicted octanol–water partition coefficient (Wildman–Crippen LogP) is 3.71. The summed E-state index contributed by atoms with van der Waals surface area (Å²) in [6.45, 7) is 0.292. The Morgan fingerprint density at radius 1 is 1.10 bits per heavy atom. The lowest BCUT2D eigenvalue weighted by molar-refractivity contribution is -0.125. The van der Waals surface area contributed by atoms with Gasteiger partial charge in [0.1, 0.15) is 5.82 Å². The summed E-state index contributed by atoms with van der Waals surface area (Å²) in [7, 11) is 0. The second-order valence-corrected chi connectivity index (χ2v) is 8.08. The van der Waals surface area contributed by atoms with Gasteiger partial charge in [-0.25, -0.2) is 4.39 Å². The van der Waals surface area contributed by atoms with Crippen LogP contribution in [0.2, 0.25) is 0 Å². The molecule has 3 amide bonds. The molecular weight excluding hydrogens is 391 g/mol. The standard InChI is InChI=1S/C22H19FN2O3S/c23-17-8-6-16(7-9-17)22(10-11-22)20(27)24-12-13-25-19(26)18(29-21(25)28)14-15-4-2-1-3-5-15/h1-9,14H,10-13H2,(H,24,27)/b18-14-. The van der Waals surface area contributed by atoms with E-state index in [1.807, 2.05) is 30.3 Å². The average Bonchev–Trinajstić information content (AvgIpc) is 3.49. The summed E-state index contributed by atoms with van der Waals surface area (Å²) in [5.41, 5.74) is 1.01. The molecular formula is C22H19FN2O3S. The SMILES string of the molecule is O=C1S/C(=C\c2ccccc2)C(=O)N1CCNC(=O)C1(c2ccc(F)cc2)CC1. The minimum atomic E-state index is -0.625. The van der Waals surface area contributed by atoms with Gasteiger partial charge in [0.05, 0.1) is 10.3 Å². The highest BCUT2D eigenvalue weighted by Crippen LogP contribution is 2.48. The largest absolute Gasteiger partial charge is 0.354 e. The van der Waals surface area contributed by atoms with Crippen LogP contribution in [0.15, 0.2) is 59.5 Å². The van der Waals surface area contributed by atoms with E-state index in [0.717, 1.165) is 27.8 Å². The van der Waals surface area contributed by atoms with Gasteiger partial charge in [0.15, 0.2) is 0 Å². The number of imide groups is 1. The second kappa shape index (κ2) is 7.83. The molecule has 4 rings (SSSR count). The molecule has 1 aliphatic heterocycles. The minimum Gasteiger partial charge on any atom is -0.354 e. The molecule has 2 fully saturated rings. The van der Waals surface area contributed by atoms with Gasteiger partial charge in [-0.1, -0.05) is 42.5 Å². The Morgan fingerprint density at radius 2 is 1.79 bits per heavy atom. The zero-order valence-corrected chi connectivity index (χ0v) is 16.4. The number of nitrogens with zero attached hydrogens (tertiary/aromatic N) is 1. The molecule has 0 spiro atoms. The smallest absolute Gasteiger partial charge is 0.293 e. The summed E-state index contributed by atoms with van der Waals surface area (Å²) in [5, 5.41) is 2.48. The topological polar surface area (TPSA) is 66.5 Å². The van der Waals surface area contributed by atoms with Crippen LogP contribution in [0, 0.1) is 5.82 Å². The molecule has 0 unspecified atom stereocenters. The third kappa shape index (κ3) is 3.96. The predicted molar refractivity (Wildman–Crippen MR) is 109 cm³/mol. The zero-order valence-electron chi connectivity index (χ0n) is 15.6. The maximum atomic E-state index is 13.1. The van der Waals surface area contributed by atoms with E-state index in [9.17, 15) is 18.8 Å². The van der Waals surface area contributed by atoms with E-state index in [4.69, 9.17) is 0 Å². The number of thioether (sulfide) groups is 1. The summed E-state index contributed by atoms with van der Waals surface area (Å²) < 4.78 is 13.1. The fourth-order valence-corrected chi connectivity index (χ4v) is 4.25. The van der Waals surface area contributed by atoms with Crippen molar-refractivity contribution in [3.8, 4) is 0 Å². The number of carbonyl (C=O) groups excluding carboxylic acids is 3. The van der Waals surface area contributed by atoms with Crippen LogP contribution in [0.25, 0.3) is 6.08 Å². The van der Waals surface area contributed by atoms with Gasteiger partial charge in [0.25, 0.3) is 11.1 Å². The summed E-state index contributed by atoms with van der Waals surface area (Å²) in [5.74, 6) is -0.846. The monoisotopic (exact) mass is 410 g/mol. The van der Waals surface area contributed by atoms with Gasteiger partial charge >= 0.3 is 0 Å². The van der Waals surface area contributed by atoms with E-state index in [2.05, 4.69) is 5.32 Å². The number of nitrogens with one attached hydrogen (secondary N) is 1. The molecule has 0 aromatic heterocycles. The van der Waals surface area contributed by atoms with Gasteiger partial charge in [-0.15, -0.1) is 0 Å². The summed E-state index contributed by atoms with van der Waals surface area (Å²) in [6, 6.07) is 15.3. The first-order valence-corrected chi connectivity index (χ1v) is 10.2. The number of halogens is 1. The Balaban J connectivity index is 1.35. The normalized spacial score (nSPS) is 18.9. The summed E-state index contributed by atoms with van der Waals surface area (Å²) in [4.78, 5) is 38.9. The van der Waals surface area contributed by atoms with Crippen LogP contribution in [0.5, 0.6) is 0 Å².